The number of amides is 1. The van der Waals surface area contributed by atoms with Crippen LogP contribution in [0.4, 0.5) is 0 Å². The maximum Gasteiger partial charge on any atom is 0.258 e. The van der Waals surface area contributed by atoms with Crippen molar-refractivity contribution in [3.8, 4) is 11.5 Å². The molecule has 7 heteroatoms. The number of benzene rings is 2. The summed E-state index contributed by atoms with van der Waals surface area (Å²) in [5, 5.41) is 0. The van der Waals surface area contributed by atoms with Gasteiger partial charge in [-0.15, -0.1) is 0 Å². The number of nitrogens with zero attached hydrogens (tertiary/aromatic N) is 1. The van der Waals surface area contributed by atoms with Crippen molar-refractivity contribution in [2.45, 2.75) is 32.4 Å². The number of hydrogen-bond acceptors (Lipinski definition) is 5. The van der Waals surface area contributed by atoms with E-state index in [0.717, 1.165) is 12.0 Å². The zero-order chi connectivity index (χ0) is 20.9. The van der Waals surface area contributed by atoms with Crippen molar-refractivity contribution in [3.05, 3.63) is 59.7 Å². The maximum atomic E-state index is 13.5. The van der Waals surface area contributed by atoms with Crippen molar-refractivity contribution in [1.29, 1.82) is 0 Å². The molecule has 0 spiro atoms. The number of ether oxygens (including phenoxy) is 2. The highest BCUT2D eigenvalue weighted by molar-refractivity contribution is 7.91. The molecule has 1 atom stereocenters. The van der Waals surface area contributed by atoms with Crippen molar-refractivity contribution in [1.82, 2.24) is 4.90 Å². The third kappa shape index (κ3) is 5.29. The second-order valence-corrected chi connectivity index (χ2v) is 9.41. The fourth-order valence-corrected chi connectivity index (χ4v) is 5.22. The molecular weight excluding hydrogens is 390 g/mol. The van der Waals surface area contributed by atoms with Gasteiger partial charge in [0, 0.05) is 12.6 Å². The molecule has 1 amide bonds. The summed E-state index contributed by atoms with van der Waals surface area (Å²) in [6.07, 6.45) is 1.27. The first kappa shape index (κ1) is 21.2. The van der Waals surface area contributed by atoms with Crippen LogP contribution in [0.15, 0.2) is 48.5 Å². The SMILES string of the molecule is CCCOc1ccccc1C(=O)N(Cc1cccc(OC)c1)[C@H]1CCS(=O)(=O)C1. The van der Waals surface area contributed by atoms with Gasteiger partial charge in [-0.05, 0) is 42.7 Å². The van der Waals surface area contributed by atoms with Gasteiger partial charge in [-0.1, -0.05) is 31.2 Å². The second-order valence-electron chi connectivity index (χ2n) is 7.19. The monoisotopic (exact) mass is 417 g/mol. The van der Waals surface area contributed by atoms with E-state index in [0.29, 0.717) is 36.6 Å². The Morgan fingerprint density at radius 2 is 1.97 bits per heavy atom. The van der Waals surface area contributed by atoms with Gasteiger partial charge in [-0.3, -0.25) is 4.79 Å². The molecule has 3 rings (SSSR count). The molecular formula is C22H27NO5S. The highest BCUT2D eigenvalue weighted by atomic mass is 32.2. The number of rotatable bonds is 8. The van der Waals surface area contributed by atoms with Crippen LogP contribution in [-0.4, -0.2) is 50.5 Å². The summed E-state index contributed by atoms with van der Waals surface area (Å²) in [5.41, 5.74) is 1.34. The van der Waals surface area contributed by atoms with E-state index in [9.17, 15) is 13.2 Å². The summed E-state index contributed by atoms with van der Waals surface area (Å²) in [7, 11) is -1.55. The van der Waals surface area contributed by atoms with Crippen LogP contribution in [0.1, 0.15) is 35.7 Å². The third-order valence-corrected chi connectivity index (χ3v) is 6.73. The summed E-state index contributed by atoms with van der Waals surface area (Å²) in [6, 6.07) is 14.2. The topological polar surface area (TPSA) is 72.9 Å². The minimum absolute atomic E-state index is 0.0132. The molecule has 1 saturated heterocycles. The molecule has 0 saturated carbocycles. The smallest absolute Gasteiger partial charge is 0.258 e. The van der Waals surface area contributed by atoms with Gasteiger partial charge >= 0.3 is 0 Å². The van der Waals surface area contributed by atoms with Crippen molar-refractivity contribution in [2.24, 2.45) is 0 Å². The van der Waals surface area contributed by atoms with Gasteiger partial charge in [0.2, 0.25) is 0 Å². The molecule has 0 N–H and O–H groups in total. The maximum absolute atomic E-state index is 13.5. The first-order chi connectivity index (χ1) is 13.9. The molecule has 29 heavy (non-hydrogen) atoms. The standard InChI is InChI=1S/C22H27NO5S/c1-3-12-28-21-10-5-4-9-20(21)22(24)23(18-11-13-29(25,26)16-18)15-17-7-6-8-19(14-17)27-2/h4-10,14,18H,3,11-13,15-16H2,1-2H3/t18-/m0/s1. The van der Waals surface area contributed by atoms with E-state index in [1.54, 1.807) is 30.2 Å². The summed E-state index contributed by atoms with van der Waals surface area (Å²) >= 11 is 0. The molecule has 156 valence electrons. The van der Waals surface area contributed by atoms with Crippen molar-refractivity contribution in [2.75, 3.05) is 25.2 Å². The van der Waals surface area contributed by atoms with Crippen LogP contribution in [0.25, 0.3) is 0 Å². The van der Waals surface area contributed by atoms with E-state index in [1.165, 1.54) is 0 Å². The average molecular weight is 418 g/mol. The minimum atomic E-state index is -3.14. The number of para-hydroxylation sites is 1. The lowest BCUT2D eigenvalue weighted by atomic mass is 10.1. The van der Waals surface area contributed by atoms with Crippen molar-refractivity contribution >= 4 is 15.7 Å². The number of carbonyl (C=O) groups is 1. The number of carbonyl (C=O) groups excluding carboxylic acids is 1. The molecule has 1 heterocycles. The summed E-state index contributed by atoms with van der Waals surface area (Å²) in [5.74, 6) is 1.09. The number of methoxy groups -OCH3 is 1. The van der Waals surface area contributed by atoms with E-state index >= 15 is 0 Å². The first-order valence-electron chi connectivity index (χ1n) is 9.79. The van der Waals surface area contributed by atoms with E-state index in [-0.39, 0.29) is 23.5 Å². The summed E-state index contributed by atoms with van der Waals surface area (Å²) in [4.78, 5) is 15.2. The number of hydrogen-bond donors (Lipinski definition) is 0. The molecule has 0 aromatic heterocycles. The van der Waals surface area contributed by atoms with E-state index in [4.69, 9.17) is 9.47 Å². The predicted molar refractivity (Wildman–Crippen MR) is 112 cm³/mol. The van der Waals surface area contributed by atoms with Crippen LogP contribution >= 0.6 is 0 Å². The molecule has 2 aromatic rings. The Labute approximate surface area is 172 Å². The van der Waals surface area contributed by atoms with Gasteiger partial charge in [-0.25, -0.2) is 8.42 Å². The quantitative estimate of drug-likeness (QED) is 0.659. The van der Waals surface area contributed by atoms with Crippen LogP contribution in [0.5, 0.6) is 11.5 Å². The van der Waals surface area contributed by atoms with Gasteiger partial charge in [-0.2, -0.15) is 0 Å². The first-order valence-corrected chi connectivity index (χ1v) is 11.6. The highest BCUT2D eigenvalue weighted by Gasteiger charge is 2.35. The van der Waals surface area contributed by atoms with Crippen LogP contribution < -0.4 is 9.47 Å². The minimum Gasteiger partial charge on any atom is -0.497 e. The van der Waals surface area contributed by atoms with Gasteiger partial charge in [0.05, 0.1) is 30.8 Å². The van der Waals surface area contributed by atoms with Crippen LogP contribution in [0, 0.1) is 0 Å². The molecule has 1 aliphatic heterocycles. The molecule has 0 radical (unpaired) electrons. The fraction of sp³-hybridized carbons (Fsp3) is 0.409. The van der Waals surface area contributed by atoms with Crippen molar-refractivity contribution in [3.63, 3.8) is 0 Å². The average Bonchev–Trinajstić information content (AvgIpc) is 3.09. The predicted octanol–water partition coefficient (Wildman–Crippen LogP) is 3.31. The highest BCUT2D eigenvalue weighted by Crippen LogP contribution is 2.27. The number of sulfone groups is 1. The summed E-state index contributed by atoms with van der Waals surface area (Å²) in [6.45, 7) is 2.82. The zero-order valence-electron chi connectivity index (χ0n) is 16.8. The Kier molecular flexibility index (Phi) is 6.79. The van der Waals surface area contributed by atoms with Crippen LogP contribution in [-0.2, 0) is 16.4 Å². The molecule has 2 aromatic carbocycles. The second kappa shape index (κ2) is 9.31. The van der Waals surface area contributed by atoms with Gasteiger partial charge in [0.1, 0.15) is 11.5 Å². The molecule has 0 unspecified atom stereocenters. The lowest BCUT2D eigenvalue weighted by Gasteiger charge is -2.29. The largest absolute Gasteiger partial charge is 0.497 e. The van der Waals surface area contributed by atoms with Crippen LogP contribution in [0.2, 0.25) is 0 Å². The molecule has 1 aliphatic rings. The Morgan fingerprint density at radius 1 is 1.17 bits per heavy atom. The Hall–Kier alpha value is -2.54. The van der Waals surface area contributed by atoms with Gasteiger partial charge < -0.3 is 14.4 Å². The lowest BCUT2D eigenvalue weighted by Crippen LogP contribution is -2.40. The Morgan fingerprint density at radius 3 is 2.66 bits per heavy atom. The fourth-order valence-electron chi connectivity index (χ4n) is 3.49. The molecule has 0 aliphatic carbocycles. The van der Waals surface area contributed by atoms with Gasteiger partial charge in [0.25, 0.3) is 5.91 Å². The van der Waals surface area contributed by atoms with Crippen molar-refractivity contribution < 1.29 is 22.7 Å². The molecule has 6 nitrogen and oxygen atoms in total. The zero-order valence-corrected chi connectivity index (χ0v) is 17.7. The summed E-state index contributed by atoms with van der Waals surface area (Å²) < 4.78 is 35.2. The van der Waals surface area contributed by atoms with Crippen LogP contribution in [0.3, 0.4) is 0 Å². The van der Waals surface area contributed by atoms with E-state index in [1.807, 2.05) is 37.3 Å². The Balaban J connectivity index is 1.93. The molecule has 0 bridgehead atoms. The third-order valence-electron chi connectivity index (χ3n) is 4.98. The van der Waals surface area contributed by atoms with E-state index < -0.39 is 9.84 Å². The van der Waals surface area contributed by atoms with Gasteiger partial charge in [0.15, 0.2) is 9.84 Å². The van der Waals surface area contributed by atoms with E-state index in [2.05, 4.69) is 0 Å². The lowest BCUT2D eigenvalue weighted by molar-refractivity contribution is 0.0676. The Bertz CT molecular complexity index is 957. The molecule has 1 fully saturated rings. The normalized spacial score (nSPS) is 17.7.